The van der Waals surface area contributed by atoms with Crippen LogP contribution >= 0.6 is 11.6 Å². The first kappa shape index (κ1) is 9.73. The van der Waals surface area contributed by atoms with E-state index in [0.717, 1.165) is 21.9 Å². The molecule has 18 heavy (non-hydrogen) atoms. The van der Waals surface area contributed by atoms with E-state index >= 15 is 0 Å². The summed E-state index contributed by atoms with van der Waals surface area (Å²) in [6, 6.07) is 3.70. The first-order valence-corrected chi connectivity index (χ1v) is 5.74. The average Bonchev–Trinajstić information content (AvgIpc) is 2.79. The summed E-state index contributed by atoms with van der Waals surface area (Å²) in [4.78, 5) is 12.7. The molecule has 5 nitrogen and oxygen atoms in total. The predicted octanol–water partition coefficient (Wildman–Crippen LogP) is 2.48. The lowest BCUT2D eigenvalue weighted by Crippen LogP contribution is -1.85. The fraction of sp³-hybridized carbons (Fsp3) is 0. The normalized spacial score (nSPS) is 11.6. The molecule has 0 radical (unpaired) electrons. The van der Waals surface area contributed by atoms with Crippen molar-refractivity contribution in [1.29, 1.82) is 0 Å². The van der Waals surface area contributed by atoms with Crippen LogP contribution in [-0.2, 0) is 0 Å². The lowest BCUT2D eigenvalue weighted by atomic mass is 10.2. The third-order valence-electron chi connectivity index (χ3n) is 2.89. The molecule has 0 aliphatic carbocycles. The van der Waals surface area contributed by atoms with Crippen molar-refractivity contribution in [1.82, 2.24) is 24.6 Å². The highest BCUT2D eigenvalue weighted by Crippen LogP contribution is 2.30. The molecule has 0 saturated heterocycles. The monoisotopic (exact) mass is 255 g/mol. The number of hydrogen-bond acceptors (Lipinski definition) is 4. The van der Waals surface area contributed by atoms with Crippen LogP contribution in [0.1, 0.15) is 0 Å². The average molecular weight is 256 g/mol. The van der Waals surface area contributed by atoms with Gasteiger partial charge in [0.2, 0.25) is 0 Å². The summed E-state index contributed by atoms with van der Waals surface area (Å²) in [5, 5.41) is 5.86. The van der Waals surface area contributed by atoms with Gasteiger partial charge in [-0.05, 0) is 12.1 Å². The van der Waals surface area contributed by atoms with E-state index in [0.29, 0.717) is 10.5 Å². The Bertz CT molecular complexity index is 899. The smallest absolute Gasteiger partial charge is 0.131 e. The molecule has 0 N–H and O–H groups in total. The number of pyridine rings is 2. The van der Waals surface area contributed by atoms with Crippen molar-refractivity contribution in [2.24, 2.45) is 0 Å². The van der Waals surface area contributed by atoms with Crippen LogP contribution in [0.3, 0.4) is 0 Å². The second-order valence-electron chi connectivity index (χ2n) is 3.93. The Kier molecular flexibility index (Phi) is 1.82. The molecular weight excluding hydrogens is 250 g/mol. The molecule has 0 unspecified atom stereocenters. The van der Waals surface area contributed by atoms with Crippen molar-refractivity contribution < 1.29 is 0 Å². The van der Waals surface area contributed by atoms with Crippen LogP contribution in [0.5, 0.6) is 0 Å². The minimum Gasteiger partial charge on any atom is -0.262 e. The molecule has 0 aliphatic rings. The van der Waals surface area contributed by atoms with Crippen molar-refractivity contribution in [2.45, 2.75) is 0 Å². The van der Waals surface area contributed by atoms with Gasteiger partial charge in [0, 0.05) is 17.8 Å². The second kappa shape index (κ2) is 3.36. The van der Waals surface area contributed by atoms with Gasteiger partial charge >= 0.3 is 0 Å². The zero-order chi connectivity index (χ0) is 12.1. The van der Waals surface area contributed by atoms with E-state index in [-0.39, 0.29) is 0 Å². The SMILES string of the molecule is Clc1c2ccncc2nc2c1nn1cnccc21. The van der Waals surface area contributed by atoms with Crippen LogP contribution in [0.4, 0.5) is 0 Å². The number of nitrogens with zero attached hydrogens (tertiary/aromatic N) is 5. The fourth-order valence-corrected chi connectivity index (χ4v) is 2.35. The highest BCUT2D eigenvalue weighted by Gasteiger charge is 2.13. The maximum atomic E-state index is 6.38. The number of halogens is 1. The Balaban J connectivity index is 2.33. The summed E-state index contributed by atoms with van der Waals surface area (Å²) in [5.74, 6) is 0. The fourth-order valence-electron chi connectivity index (χ4n) is 2.06. The summed E-state index contributed by atoms with van der Waals surface area (Å²) in [6.45, 7) is 0. The lowest BCUT2D eigenvalue weighted by Gasteiger charge is -1.99. The number of rotatable bonds is 0. The van der Waals surface area contributed by atoms with E-state index in [9.17, 15) is 0 Å². The standard InChI is InChI=1S/C12H6ClN5/c13-10-7-1-3-14-5-8(7)16-11-9-2-4-15-6-18(9)17-12(10)11/h1-6H. The van der Waals surface area contributed by atoms with Gasteiger partial charge in [-0.1, -0.05) is 11.6 Å². The van der Waals surface area contributed by atoms with E-state index in [4.69, 9.17) is 11.6 Å². The number of hydrogen-bond donors (Lipinski definition) is 0. The maximum Gasteiger partial charge on any atom is 0.131 e. The van der Waals surface area contributed by atoms with Gasteiger partial charge in [-0.2, -0.15) is 5.10 Å². The molecule has 86 valence electrons. The Morgan fingerprint density at radius 3 is 2.89 bits per heavy atom. The molecule has 6 heteroatoms. The predicted molar refractivity (Wildman–Crippen MR) is 68.6 cm³/mol. The molecule has 0 spiro atoms. The molecule has 0 aliphatic heterocycles. The molecule has 0 bridgehead atoms. The lowest BCUT2D eigenvalue weighted by molar-refractivity contribution is 0.938. The number of aromatic nitrogens is 5. The zero-order valence-corrected chi connectivity index (χ0v) is 9.83. The van der Waals surface area contributed by atoms with Crippen molar-refractivity contribution >= 4 is 39.1 Å². The minimum atomic E-state index is 0.598. The topological polar surface area (TPSA) is 56.0 Å². The quantitative estimate of drug-likeness (QED) is 0.484. The summed E-state index contributed by atoms with van der Waals surface area (Å²) in [5.41, 5.74) is 3.10. The molecule has 0 fully saturated rings. The van der Waals surface area contributed by atoms with Crippen LogP contribution in [-0.4, -0.2) is 24.6 Å². The van der Waals surface area contributed by atoms with Crippen LogP contribution in [0.25, 0.3) is 27.5 Å². The van der Waals surface area contributed by atoms with Gasteiger partial charge in [-0.15, -0.1) is 0 Å². The van der Waals surface area contributed by atoms with Crippen LogP contribution < -0.4 is 0 Å². The van der Waals surface area contributed by atoms with Crippen LogP contribution in [0, 0.1) is 0 Å². The largest absolute Gasteiger partial charge is 0.262 e. The molecule has 0 aromatic carbocycles. The highest BCUT2D eigenvalue weighted by molar-refractivity contribution is 6.40. The van der Waals surface area contributed by atoms with Crippen LogP contribution in [0.2, 0.25) is 5.02 Å². The summed E-state index contributed by atoms with van der Waals surface area (Å²) < 4.78 is 1.68. The third-order valence-corrected chi connectivity index (χ3v) is 3.28. The van der Waals surface area contributed by atoms with Gasteiger partial charge in [0.25, 0.3) is 0 Å². The van der Waals surface area contributed by atoms with E-state index in [1.807, 2.05) is 12.1 Å². The third kappa shape index (κ3) is 1.16. The summed E-state index contributed by atoms with van der Waals surface area (Å²) in [6.07, 6.45) is 6.74. The van der Waals surface area contributed by atoms with Gasteiger partial charge in [-0.3, -0.25) is 4.98 Å². The van der Waals surface area contributed by atoms with Crippen molar-refractivity contribution in [3.05, 3.63) is 42.1 Å². The van der Waals surface area contributed by atoms with Crippen molar-refractivity contribution in [2.75, 3.05) is 0 Å². The Hall–Kier alpha value is -2.27. The Morgan fingerprint density at radius 2 is 1.94 bits per heavy atom. The molecule has 4 aromatic heterocycles. The second-order valence-corrected chi connectivity index (χ2v) is 4.30. The molecule has 0 atom stereocenters. The maximum absolute atomic E-state index is 6.38. The first-order chi connectivity index (χ1) is 8.84. The molecule has 4 rings (SSSR count). The minimum absolute atomic E-state index is 0.598. The van der Waals surface area contributed by atoms with Gasteiger partial charge < -0.3 is 0 Å². The molecule has 4 heterocycles. The molecule has 0 amide bonds. The summed E-state index contributed by atoms with van der Waals surface area (Å²) >= 11 is 6.38. The van der Waals surface area contributed by atoms with Crippen LogP contribution in [0.15, 0.2) is 37.1 Å². The molecule has 4 aromatic rings. The van der Waals surface area contributed by atoms with Crippen molar-refractivity contribution in [3.8, 4) is 0 Å². The number of fused-ring (bicyclic) bond motifs is 4. The Morgan fingerprint density at radius 1 is 1.06 bits per heavy atom. The van der Waals surface area contributed by atoms with Gasteiger partial charge in [0.1, 0.15) is 17.4 Å². The zero-order valence-electron chi connectivity index (χ0n) is 9.08. The van der Waals surface area contributed by atoms with Gasteiger partial charge in [0.05, 0.1) is 22.3 Å². The molecular formula is C12H6ClN5. The van der Waals surface area contributed by atoms with E-state index < -0.39 is 0 Å². The van der Waals surface area contributed by atoms with E-state index in [1.165, 1.54) is 0 Å². The van der Waals surface area contributed by atoms with Crippen molar-refractivity contribution in [3.63, 3.8) is 0 Å². The summed E-state index contributed by atoms with van der Waals surface area (Å²) in [7, 11) is 0. The van der Waals surface area contributed by atoms with Gasteiger partial charge in [-0.25, -0.2) is 14.5 Å². The molecule has 0 saturated carbocycles. The van der Waals surface area contributed by atoms with Gasteiger partial charge in [0.15, 0.2) is 0 Å². The highest BCUT2D eigenvalue weighted by atomic mass is 35.5. The van der Waals surface area contributed by atoms with E-state index in [1.54, 1.807) is 29.4 Å². The Labute approximate surface area is 106 Å². The first-order valence-electron chi connectivity index (χ1n) is 5.36. The van der Waals surface area contributed by atoms with E-state index in [2.05, 4.69) is 20.1 Å².